The van der Waals surface area contributed by atoms with Gasteiger partial charge in [0.2, 0.25) is 16.3 Å². The molecule has 1 rings (SSSR count). The summed E-state index contributed by atoms with van der Waals surface area (Å²) in [6.45, 7) is 2.26. The van der Waals surface area contributed by atoms with Crippen LogP contribution in [0.5, 0.6) is 0 Å². The molecule has 0 aliphatic rings. The Labute approximate surface area is 89.2 Å². The van der Waals surface area contributed by atoms with E-state index in [0.717, 1.165) is 4.78 Å². The standard InChI is InChI=1S/C10H13.Al.ClH.2H/c1-2-3-7-10-8-5-4-6-9-10;;;;/h4-9H,2-3H2,1H3;;1H;;. The van der Waals surface area contributed by atoms with Crippen molar-refractivity contribution in [1.82, 2.24) is 0 Å². The summed E-state index contributed by atoms with van der Waals surface area (Å²) in [6, 6.07) is 10.8. The normalized spacial score (nSPS) is 11.8. The van der Waals surface area contributed by atoms with Crippen molar-refractivity contribution in [1.29, 1.82) is 0 Å². The van der Waals surface area contributed by atoms with E-state index in [1.807, 2.05) is 0 Å². The lowest BCUT2D eigenvalue weighted by Crippen LogP contribution is -1.96. The van der Waals surface area contributed by atoms with Gasteiger partial charge in [0.05, 0.1) is 0 Å². The second-order valence-electron chi connectivity index (χ2n) is 3.10. The van der Waals surface area contributed by atoms with Crippen molar-refractivity contribution in [3.05, 3.63) is 35.9 Å². The molecule has 0 fully saturated rings. The quantitative estimate of drug-likeness (QED) is 0.655. The van der Waals surface area contributed by atoms with Crippen molar-refractivity contribution in [3.63, 3.8) is 0 Å². The van der Waals surface area contributed by atoms with Crippen LogP contribution in [0.25, 0.3) is 0 Å². The van der Waals surface area contributed by atoms with Gasteiger partial charge in [-0.25, -0.2) is 0 Å². The molecule has 2 heteroatoms. The third-order valence-electron chi connectivity index (χ3n) is 2.09. The van der Waals surface area contributed by atoms with Crippen LogP contribution in [0.2, 0.25) is 0 Å². The molecule has 0 heterocycles. The summed E-state index contributed by atoms with van der Waals surface area (Å²) in [5, 5.41) is 0. The van der Waals surface area contributed by atoms with Gasteiger partial charge in [0.25, 0.3) is 0 Å². The molecule has 0 radical (unpaired) electrons. The summed E-state index contributed by atoms with van der Waals surface area (Å²) in [7, 11) is 0. The largest absolute Gasteiger partial charge is 0.223 e. The van der Waals surface area contributed by atoms with E-state index in [1.165, 1.54) is 34.7 Å². The molecule has 0 aromatic heterocycles. The molecule has 1 unspecified atom stereocenters. The Morgan fingerprint density at radius 3 is 2.33 bits per heavy atom. The number of benzene rings is 1. The Hall–Kier alpha value is 0.0425. The lowest BCUT2D eigenvalue weighted by Gasteiger charge is -2.09. The molecule has 66 valence electrons. The highest BCUT2D eigenvalue weighted by Gasteiger charge is 2.01. The van der Waals surface area contributed by atoms with Crippen molar-refractivity contribution >= 4 is 28.7 Å². The zero-order valence-electron chi connectivity index (χ0n) is 7.79. The molecular formula is C10H16AlCl. The van der Waals surface area contributed by atoms with Crippen LogP contribution in [0.4, 0.5) is 0 Å². The molecule has 0 N–H and O–H groups in total. The van der Waals surface area contributed by atoms with Crippen molar-refractivity contribution in [2.75, 3.05) is 0 Å². The maximum Gasteiger partial charge on any atom is 0.223 e. The predicted octanol–water partition coefficient (Wildman–Crippen LogP) is 2.58. The van der Waals surface area contributed by atoms with Crippen molar-refractivity contribution in [2.24, 2.45) is 0 Å². The van der Waals surface area contributed by atoms with Gasteiger partial charge in [-0.1, -0.05) is 60.4 Å². The second-order valence-corrected chi connectivity index (χ2v) is 4.49. The molecule has 1 aromatic rings. The van der Waals surface area contributed by atoms with Crippen LogP contribution in [0.3, 0.4) is 0 Å². The minimum absolute atomic E-state index is 0. The van der Waals surface area contributed by atoms with E-state index in [1.54, 1.807) is 0 Å². The Morgan fingerprint density at radius 2 is 1.83 bits per heavy atom. The topological polar surface area (TPSA) is 0 Å². The van der Waals surface area contributed by atoms with Crippen LogP contribution >= 0.6 is 12.4 Å². The average molecular weight is 199 g/mol. The van der Waals surface area contributed by atoms with Gasteiger partial charge in [-0.2, -0.15) is 0 Å². The molecule has 0 saturated heterocycles. The fourth-order valence-electron chi connectivity index (χ4n) is 1.38. The Bertz CT molecular complexity index is 198. The summed E-state index contributed by atoms with van der Waals surface area (Å²) in [5.41, 5.74) is 1.53. The smallest absolute Gasteiger partial charge is 0.147 e. The average Bonchev–Trinajstić information content (AvgIpc) is 2.07. The van der Waals surface area contributed by atoms with E-state index in [4.69, 9.17) is 0 Å². The second kappa shape index (κ2) is 6.55. The predicted molar refractivity (Wildman–Crippen MR) is 59.9 cm³/mol. The number of rotatable bonds is 3. The van der Waals surface area contributed by atoms with Crippen molar-refractivity contribution in [2.45, 2.75) is 24.5 Å². The summed E-state index contributed by atoms with van der Waals surface area (Å²) in [6.07, 6.45) is 2.67. The third-order valence-corrected chi connectivity index (χ3v) is 3.33. The SMILES string of the molecule is CCC[CH]([AlH2])c1ccccc1.Cl. The molecule has 0 spiro atoms. The summed E-state index contributed by atoms with van der Waals surface area (Å²) in [5.74, 6) is 0. The lowest BCUT2D eigenvalue weighted by molar-refractivity contribution is 0.769. The molecule has 1 atom stereocenters. The minimum Gasteiger partial charge on any atom is -0.147 e. The summed E-state index contributed by atoms with van der Waals surface area (Å²) in [4.78, 5) is 0. The van der Waals surface area contributed by atoms with Gasteiger partial charge < -0.3 is 0 Å². The minimum atomic E-state index is 0. The summed E-state index contributed by atoms with van der Waals surface area (Å²) >= 11 is 1.29. The van der Waals surface area contributed by atoms with Crippen LogP contribution < -0.4 is 0 Å². The number of halogens is 1. The zero-order chi connectivity index (χ0) is 8.10. The van der Waals surface area contributed by atoms with Crippen LogP contribution in [0, 0.1) is 0 Å². The van der Waals surface area contributed by atoms with Crippen LogP contribution in [0.1, 0.15) is 30.1 Å². The van der Waals surface area contributed by atoms with Gasteiger partial charge in [0, 0.05) is 0 Å². The van der Waals surface area contributed by atoms with Gasteiger partial charge in [-0.15, -0.1) is 12.4 Å². The monoisotopic (exact) mass is 198 g/mol. The first-order valence-corrected chi connectivity index (χ1v) is 5.55. The molecule has 0 nitrogen and oxygen atoms in total. The fourth-order valence-corrected chi connectivity index (χ4v) is 2.34. The molecule has 0 aliphatic heterocycles. The van der Waals surface area contributed by atoms with Gasteiger partial charge >= 0.3 is 0 Å². The molecular weight excluding hydrogens is 183 g/mol. The third kappa shape index (κ3) is 3.63. The van der Waals surface area contributed by atoms with E-state index < -0.39 is 0 Å². The van der Waals surface area contributed by atoms with Gasteiger partial charge in [-0.05, 0) is 0 Å². The Kier molecular flexibility index (Phi) is 6.57. The first-order chi connectivity index (χ1) is 5.34. The van der Waals surface area contributed by atoms with E-state index in [0.29, 0.717) is 0 Å². The zero-order valence-corrected chi connectivity index (χ0v) is 10.6. The van der Waals surface area contributed by atoms with Crippen LogP contribution in [-0.2, 0) is 0 Å². The number of hydrogen-bond acceptors (Lipinski definition) is 0. The molecule has 1 aromatic carbocycles. The first-order valence-electron chi connectivity index (χ1n) is 4.39. The van der Waals surface area contributed by atoms with E-state index in [9.17, 15) is 0 Å². The van der Waals surface area contributed by atoms with E-state index in [-0.39, 0.29) is 12.4 Å². The Balaban J connectivity index is 0.00000121. The molecule has 0 amide bonds. The molecule has 0 saturated carbocycles. The molecule has 12 heavy (non-hydrogen) atoms. The highest BCUT2D eigenvalue weighted by atomic mass is 35.5. The molecule has 0 aliphatic carbocycles. The lowest BCUT2D eigenvalue weighted by atomic mass is 10.1. The van der Waals surface area contributed by atoms with Gasteiger partial charge in [-0.3, -0.25) is 0 Å². The maximum absolute atomic E-state index is 2.26. The van der Waals surface area contributed by atoms with Crippen LogP contribution in [-0.4, -0.2) is 16.3 Å². The van der Waals surface area contributed by atoms with Gasteiger partial charge in [0.15, 0.2) is 0 Å². The van der Waals surface area contributed by atoms with E-state index >= 15 is 0 Å². The first kappa shape index (κ1) is 12.0. The fraction of sp³-hybridized carbons (Fsp3) is 0.400. The van der Waals surface area contributed by atoms with E-state index in [2.05, 4.69) is 37.3 Å². The highest BCUT2D eigenvalue weighted by molar-refractivity contribution is 6.12. The number of hydrogen-bond donors (Lipinski definition) is 0. The maximum atomic E-state index is 2.26. The van der Waals surface area contributed by atoms with Crippen molar-refractivity contribution < 1.29 is 0 Å². The van der Waals surface area contributed by atoms with Crippen molar-refractivity contribution in [3.8, 4) is 0 Å². The molecule has 0 bridgehead atoms. The van der Waals surface area contributed by atoms with Gasteiger partial charge in [0.1, 0.15) is 0 Å². The van der Waals surface area contributed by atoms with Crippen LogP contribution in [0.15, 0.2) is 30.3 Å². The Morgan fingerprint density at radius 1 is 1.25 bits per heavy atom. The summed E-state index contributed by atoms with van der Waals surface area (Å²) < 4.78 is 0.862. The highest BCUT2D eigenvalue weighted by Crippen LogP contribution is 2.16.